The van der Waals surface area contributed by atoms with Crippen molar-refractivity contribution in [3.63, 3.8) is 0 Å². The van der Waals surface area contributed by atoms with E-state index in [-0.39, 0.29) is 11.3 Å². The quantitative estimate of drug-likeness (QED) is 0.427. The van der Waals surface area contributed by atoms with Crippen molar-refractivity contribution in [2.24, 2.45) is 0 Å². The van der Waals surface area contributed by atoms with Gasteiger partial charge in [-0.2, -0.15) is 0 Å². The second-order valence-electron chi connectivity index (χ2n) is 6.39. The lowest BCUT2D eigenvalue weighted by atomic mass is 9.88. The van der Waals surface area contributed by atoms with E-state index in [0.717, 1.165) is 6.07 Å². The Hall–Kier alpha value is -2.58. The number of fused-ring (bicyclic) bond motifs is 1. The first kappa shape index (κ1) is 19.2. The summed E-state index contributed by atoms with van der Waals surface area (Å²) in [6.07, 6.45) is 0.201. The first-order chi connectivity index (χ1) is 12.8. The van der Waals surface area contributed by atoms with Gasteiger partial charge in [-0.1, -0.05) is 35.0 Å². The molecule has 0 spiro atoms. The Labute approximate surface area is 163 Å². The maximum absolute atomic E-state index is 12.9. The molecule has 140 valence electrons. The van der Waals surface area contributed by atoms with Gasteiger partial charge in [-0.3, -0.25) is 19.7 Å². The van der Waals surface area contributed by atoms with Crippen molar-refractivity contribution in [1.82, 2.24) is 0 Å². The Kier molecular flexibility index (Phi) is 5.12. The van der Waals surface area contributed by atoms with Crippen molar-refractivity contribution >= 4 is 39.0 Å². The Morgan fingerprint density at radius 1 is 1.30 bits per heavy atom. The van der Waals surface area contributed by atoms with Crippen molar-refractivity contribution in [2.45, 2.75) is 25.4 Å². The predicted molar refractivity (Wildman–Crippen MR) is 103 cm³/mol. The van der Waals surface area contributed by atoms with Crippen LogP contribution in [0.1, 0.15) is 35.7 Å². The monoisotopic (exact) mass is 432 g/mol. The van der Waals surface area contributed by atoms with E-state index >= 15 is 0 Å². The average Bonchev–Trinajstić information content (AvgIpc) is 2.84. The van der Waals surface area contributed by atoms with Gasteiger partial charge in [0.15, 0.2) is 11.4 Å². The normalized spacial score (nSPS) is 18.5. The molecule has 2 aromatic carbocycles. The molecule has 1 aliphatic heterocycles. The zero-order valence-corrected chi connectivity index (χ0v) is 16.1. The third kappa shape index (κ3) is 3.38. The number of rotatable bonds is 6. The molecule has 3 rings (SSSR count). The van der Waals surface area contributed by atoms with Crippen molar-refractivity contribution in [3.8, 4) is 0 Å². The predicted octanol–water partition coefficient (Wildman–Crippen LogP) is 3.57. The van der Waals surface area contributed by atoms with Crippen molar-refractivity contribution in [3.05, 3.63) is 68.2 Å². The molecule has 1 N–H and O–H groups in total. The van der Waals surface area contributed by atoms with Gasteiger partial charge in [0, 0.05) is 34.3 Å². The van der Waals surface area contributed by atoms with Crippen LogP contribution in [-0.4, -0.2) is 28.3 Å². The average molecular weight is 433 g/mol. The van der Waals surface area contributed by atoms with Gasteiger partial charge in [0.1, 0.15) is 0 Å². The summed E-state index contributed by atoms with van der Waals surface area (Å²) in [5.74, 6) is -1.10. The molecule has 0 saturated carbocycles. The Balaban J connectivity index is 1.99. The molecule has 0 unspecified atom stereocenters. The van der Waals surface area contributed by atoms with Crippen LogP contribution in [0.3, 0.4) is 0 Å². The van der Waals surface area contributed by atoms with Gasteiger partial charge < -0.3 is 10.0 Å². The second-order valence-corrected chi connectivity index (χ2v) is 7.30. The van der Waals surface area contributed by atoms with Crippen LogP contribution < -0.4 is 4.90 Å². The molecule has 0 bridgehead atoms. The summed E-state index contributed by atoms with van der Waals surface area (Å²) in [6, 6.07) is 10.4. The van der Waals surface area contributed by atoms with Crippen LogP contribution in [0, 0.1) is 10.1 Å². The van der Waals surface area contributed by atoms with E-state index in [9.17, 15) is 24.8 Å². The molecule has 0 aliphatic carbocycles. The Morgan fingerprint density at radius 2 is 2.04 bits per heavy atom. The molecule has 2 aromatic rings. The molecule has 0 aromatic heterocycles. The molecule has 27 heavy (non-hydrogen) atoms. The lowest BCUT2D eigenvalue weighted by molar-refractivity contribution is -0.384. The maximum Gasteiger partial charge on any atom is 0.270 e. The highest BCUT2D eigenvalue weighted by Crippen LogP contribution is 2.44. The third-order valence-corrected chi connectivity index (χ3v) is 5.03. The number of non-ortho nitro benzene ring substituents is 1. The number of nitrogens with zero attached hydrogens (tertiary/aromatic N) is 2. The van der Waals surface area contributed by atoms with Gasteiger partial charge >= 0.3 is 0 Å². The van der Waals surface area contributed by atoms with Crippen LogP contribution >= 0.6 is 15.9 Å². The number of amides is 1. The minimum atomic E-state index is -2.00. The summed E-state index contributed by atoms with van der Waals surface area (Å²) in [4.78, 5) is 37.5. The molecule has 1 heterocycles. The molecule has 7 nitrogen and oxygen atoms in total. The number of carbonyl (C=O) groups excluding carboxylic acids is 2. The van der Waals surface area contributed by atoms with Crippen LogP contribution in [0.4, 0.5) is 11.4 Å². The van der Waals surface area contributed by atoms with Crippen molar-refractivity contribution < 1.29 is 19.6 Å². The lowest BCUT2D eigenvalue weighted by Crippen LogP contribution is -2.42. The summed E-state index contributed by atoms with van der Waals surface area (Å²) in [5.41, 5.74) is -1.22. The minimum absolute atomic E-state index is 0.0795. The van der Waals surface area contributed by atoms with Crippen molar-refractivity contribution in [2.75, 3.05) is 11.4 Å². The van der Waals surface area contributed by atoms with Crippen LogP contribution in [-0.2, 0) is 10.4 Å². The van der Waals surface area contributed by atoms with Crippen LogP contribution in [0.5, 0.6) is 0 Å². The Bertz CT molecular complexity index is 945. The highest BCUT2D eigenvalue weighted by Gasteiger charge is 2.50. The molecule has 8 heteroatoms. The lowest BCUT2D eigenvalue weighted by Gasteiger charge is -2.22. The highest BCUT2D eigenvalue weighted by molar-refractivity contribution is 9.10. The number of Topliss-reactive ketones (excluding diaryl/α,β-unsaturated/α-hetero) is 1. The molecule has 1 atom stereocenters. The number of halogens is 1. The molecule has 0 saturated heterocycles. The summed E-state index contributed by atoms with van der Waals surface area (Å²) in [5, 5.41) is 22.1. The van der Waals surface area contributed by atoms with Gasteiger partial charge in [0.25, 0.3) is 11.6 Å². The van der Waals surface area contributed by atoms with Crippen molar-refractivity contribution in [1.29, 1.82) is 0 Å². The fourth-order valence-electron chi connectivity index (χ4n) is 3.27. The number of carbonyl (C=O) groups is 2. The molecule has 1 amide bonds. The van der Waals surface area contributed by atoms with E-state index in [1.807, 2.05) is 6.92 Å². The van der Waals surface area contributed by atoms with Gasteiger partial charge in [-0.15, -0.1) is 0 Å². The first-order valence-corrected chi connectivity index (χ1v) is 9.19. The third-order valence-electron chi connectivity index (χ3n) is 4.54. The molecule has 1 aliphatic rings. The first-order valence-electron chi connectivity index (χ1n) is 8.40. The largest absolute Gasteiger partial charge is 0.375 e. The van der Waals surface area contributed by atoms with Crippen LogP contribution in [0.15, 0.2) is 46.9 Å². The topological polar surface area (TPSA) is 101 Å². The van der Waals surface area contributed by atoms with E-state index in [4.69, 9.17) is 0 Å². The number of nitro benzene ring substituents is 1. The summed E-state index contributed by atoms with van der Waals surface area (Å²) >= 11 is 3.33. The molecule has 0 fully saturated rings. The van der Waals surface area contributed by atoms with Gasteiger partial charge in [0.2, 0.25) is 0 Å². The van der Waals surface area contributed by atoms with E-state index < -0.39 is 28.6 Å². The van der Waals surface area contributed by atoms with E-state index in [1.165, 1.54) is 23.1 Å². The van der Waals surface area contributed by atoms with E-state index in [0.29, 0.717) is 28.7 Å². The van der Waals surface area contributed by atoms with E-state index in [2.05, 4.69) is 15.9 Å². The number of hydrogen-bond donors (Lipinski definition) is 1. The number of hydrogen-bond acceptors (Lipinski definition) is 5. The second kappa shape index (κ2) is 7.21. The van der Waals surface area contributed by atoms with E-state index in [1.54, 1.807) is 18.2 Å². The minimum Gasteiger partial charge on any atom is -0.375 e. The summed E-state index contributed by atoms with van der Waals surface area (Å²) < 4.78 is 0.675. The summed E-state index contributed by atoms with van der Waals surface area (Å²) in [7, 11) is 0. The fraction of sp³-hybridized carbons (Fsp3) is 0.263. The number of anilines is 1. The van der Waals surface area contributed by atoms with Crippen LogP contribution in [0.25, 0.3) is 0 Å². The Morgan fingerprint density at radius 3 is 2.70 bits per heavy atom. The standard InChI is InChI=1S/C19H17BrN2O5/c1-2-8-21-16-7-6-13(20)10-15(16)19(25,18(21)24)11-17(23)12-4-3-5-14(9-12)22(26)27/h3-7,9-10,25H,2,8,11H2,1H3/t19-/m0/s1. The number of nitro groups is 1. The smallest absolute Gasteiger partial charge is 0.270 e. The molecule has 0 radical (unpaired) electrons. The molecular weight excluding hydrogens is 416 g/mol. The van der Waals surface area contributed by atoms with Gasteiger partial charge in [0.05, 0.1) is 17.0 Å². The highest BCUT2D eigenvalue weighted by atomic mass is 79.9. The maximum atomic E-state index is 12.9. The van der Waals surface area contributed by atoms with Gasteiger partial charge in [-0.25, -0.2) is 0 Å². The number of ketones is 1. The zero-order valence-electron chi connectivity index (χ0n) is 14.5. The number of aliphatic hydroxyl groups is 1. The zero-order chi connectivity index (χ0) is 19.8. The fourth-order valence-corrected chi connectivity index (χ4v) is 3.63. The number of benzene rings is 2. The summed E-state index contributed by atoms with van der Waals surface area (Å²) in [6.45, 7) is 2.33. The van der Waals surface area contributed by atoms with Gasteiger partial charge in [-0.05, 0) is 24.6 Å². The SMILES string of the molecule is CCCN1C(=O)[C@](O)(CC(=O)c2cccc([N+](=O)[O-])c2)c2cc(Br)ccc21. The molecular formula is C19H17BrN2O5. The van der Waals surface area contributed by atoms with Crippen LogP contribution in [0.2, 0.25) is 0 Å².